The molecule has 1 N–H and O–H groups in total. The molecule has 0 fully saturated rings. The van der Waals surface area contributed by atoms with Gasteiger partial charge < -0.3 is 5.11 Å². The summed E-state index contributed by atoms with van der Waals surface area (Å²) < 4.78 is 38.0. The maximum atomic E-state index is 12.8. The van der Waals surface area contributed by atoms with E-state index in [9.17, 15) is 13.2 Å². The second-order valence-electron chi connectivity index (χ2n) is 2.26. The first-order valence-corrected chi connectivity index (χ1v) is 3.24. The SMILES string of the molecule is N#Cc1c(O)c(F)c(F)c(F)c1C#N. The fourth-order valence-electron chi connectivity index (χ4n) is 0.862. The van der Waals surface area contributed by atoms with Crippen LogP contribution in [-0.4, -0.2) is 5.11 Å². The predicted octanol–water partition coefficient (Wildman–Crippen LogP) is 1.55. The van der Waals surface area contributed by atoms with E-state index in [-0.39, 0.29) is 0 Å². The van der Waals surface area contributed by atoms with E-state index >= 15 is 0 Å². The largest absolute Gasteiger partial charge is 0.504 e. The van der Waals surface area contributed by atoms with Gasteiger partial charge in [0.2, 0.25) is 5.82 Å². The predicted molar refractivity (Wildman–Crippen MR) is 37.4 cm³/mol. The molecule has 14 heavy (non-hydrogen) atoms. The van der Waals surface area contributed by atoms with Crippen LogP contribution in [0.1, 0.15) is 11.1 Å². The number of halogens is 3. The van der Waals surface area contributed by atoms with Gasteiger partial charge in [0.25, 0.3) is 0 Å². The average Bonchev–Trinajstić information content (AvgIpc) is 2.20. The minimum absolute atomic E-state index is 0.913. The standard InChI is InChI=1S/C8HF3N2O/c9-5-3(1-12)4(2-13)8(14)7(11)6(5)10/h14H. The van der Waals surface area contributed by atoms with Gasteiger partial charge in [-0.2, -0.15) is 14.9 Å². The van der Waals surface area contributed by atoms with E-state index in [0.717, 1.165) is 6.07 Å². The maximum absolute atomic E-state index is 12.8. The van der Waals surface area contributed by atoms with Crippen LogP contribution in [0.15, 0.2) is 0 Å². The molecule has 1 aromatic rings. The molecule has 0 atom stereocenters. The zero-order valence-corrected chi connectivity index (χ0v) is 6.48. The van der Waals surface area contributed by atoms with Crippen LogP contribution < -0.4 is 0 Å². The first-order valence-electron chi connectivity index (χ1n) is 3.24. The lowest BCUT2D eigenvalue weighted by Gasteiger charge is -2.02. The molecule has 0 saturated carbocycles. The number of rotatable bonds is 0. The molecule has 0 amide bonds. The molecule has 0 aliphatic heterocycles. The molecular weight excluding hydrogens is 197 g/mol. The van der Waals surface area contributed by atoms with Crippen molar-refractivity contribution in [3.63, 3.8) is 0 Å². The Morgan fingerprint density at radius 3 is 1.79 bits per heavy atom. The molecule has 0 aromatic heterocycles. The molecule has 0 radical (unpaired) electrons. The van der Waals surface area contributed by atoms with Crippen molar-refractivity contribution in [1.29, 1.82) is 10.5 Å². The highest BCUT2D eigenvalue weighted by molar-refractivity contribution is 5.55. The van der Waals surface area contributed by atoms with Crippen molar-refractivity contribution in [1.82, 2.24) is 0 Å². The first kappa shape index (κ1) is 9.87. The van der Waals surface area contributed by atoms with Crippen molar-refractivity contribution in [3.05, 3.63) is 28.6 Å². The van der Waals surface area contributed by atoms with Gasteiger partial charge in [-0.1, -0.05) is 0 Å². The minimum atomic E-state index is -1.97. The van der Waals surface area contributed by atoms with Crippen LogP contribution in [-0.2, 0) is 0 Å². The quantitative estimate of drug-likeness (QED) is 0.643. The van der Waals surface area contributed by atoms with E-state index in [1.54, 1.807) is 0 Å². The van der Waals surface area contributed by atoms with E-state index in [2.05, 4.69) is 0 Å². The zero-order chi connectivity index (χ0) is 10.9. The van der Waals surface area contributed by atoms with Gasteiger partial charge >= 0.3 is 0 Å². The summed E-state index contributed by atoms with van der Waals surface area (Å²) in [6.07, 6.45) is 0. The van der Waals surface area contributed by atoms with Gasteiger partial charge in [0.15, 0.2) is 17.4 Å². The summed E-state index contributed by atoms with van der Waals surface area (Å²) in [5, 5.41) is 25.5. The number of nitriles is 2. The van der Waals surface area contributed by atoms with Gasteiger partial charge in [0, 0.05) is 0 Å². The van der Waals surface area contributed by atoms with Gasteiger partial charge in [-0.15, -0.1) is 0 Å². The van der Waals surface area contributed by atoms with Crippen molar-refractivity contribution in [3.8, 4) is 17.9 Å². The van der Waals surface area contributed by atoms with Crippen LogP contribution in [0.3, 0.4) is 0 Å². The summed E-state index contributed by atoms with van der Waals surface area (Å²) in [7, 11) is 0. The number of aromatic hydroxyl groups is 1. The number of benzene rings is 1. The van der Waals surface area contributed by atoms with Crippen molar-refractivity contribution in [2.24, 2.45) is 0 Å². The van der Waals surface area contributed by atoms with Crippen LogP contribution in [0.4, 0.5) is 13.2 Å². The smallest absolute Gasteiger partial charge is 0.204 e. The Morgan fingerprint density at radius 2 is 1.36 bits per heavy atom. The lowest BCUT2D eigenvalue weighted by Crippen LogP contribution is -1.99. The Bertz CT molecular complexity index is 440. The van der Waals surface area contributed by atoms with Gasteiger partial charge in [0.05, 0.1) is 0 Å². The molecule has 0 saturated heterocycles. The highest BCUT2D eigenvalue weighted by Gasteiger charge is 2.24. The van der Waals surface area contributed by atoms with Gasteiger partial charge in [-0.05, 0) is 0 Å². The second kappa shape index (κ2) is 3.27. The van der Waals surface area contributed by atoms with E-state index < -0.39 is 34.3 Å². The molecular formula is C8HF3N2O. The van der Waals surface area contributed by atoms with Crippen LogP contribution in [0.5, 0.6) is 5.75 Å². The first-order chi connectivity index (χ1) is 6.54. The molecule has 0 bridgehead atoms. The molecule has 0 spiro atoms. The monoisotopic (exact) mass is 198 g/mol. The maximum Gasteiger partial charge on any atom is 0.204 e. The van der Waals surface area contributed by atoms with Gasteiger partial charge in [0.1, 0.15) is 23.3 Å². The van der Waals surface area contributed by atoms with Crippen molar-refractivity contribution in [2.45, 2.75) is 0 Å². The number of phenols is 1. The molecule has 3 nitrogen and oxygen atoms in total. The molecule has 0 aliphatic carbocycles. The Balaban J connectivity index is 3.79. The number of nitrogens with zero attached hydrogens (tertiary/aromatic N) is 2. The van der Waals surface area contributed by atoms with E-state index in [0.29, 0.717) is 0 Å². The molecule has 0 heterocycles. The van der Waals surface area contributed by atoms with E-state index in [1.807, 2.05) is 0 Å². The highest BCUT2D eigenvalue weighted by Crippen LogP contribution is 2.28. The van der Waals surface area contributed by atoms with Crippen LogP contribution in [0.2, 0.25) is 0 Å². The molecule has 1 rings (SSSR count). The topological polar surface area (TPSA) is 67.8 Å². The van der Waals surface area contributed by atoms with E-state index in [4.69, 9.17) is 15.6 Å². The van der Waals surface area contributed by atoms with Gasteiger partial charge in [-0.25, -0.2) is 8.78 Å². The third-order valence-electron chi connectivity index (χ3n) is 1.52. The highest BCUT2D eigenvalue weighted by atomic mass is 19.2. The number of phenolic OH excluding ortho intramolecular Hbond substituents is 1. The zero-order valence-electron chi connectivity index (χ0n) is 6.48. The van der Waals surface area contributed by atoms with Crippen LogP contribution in [0.25, 0.3) is 0 Å². The fourth-order valence-corrected chi connectivity index (χ4v) is 0.862. The summed E-state index contributed by atoms with van der Waals surface area (Å²) in [6, 6.07) is 2.36. The Hall–Kier alpha value is -2.21. The van der Waals surface area contributed by atoms with Gasteiger partial charge in [-0.3, -0.25) is 0 Å². The number of hydrogen-bond donors (Lipinski definition) is 1. The summed E-state index contributed by atoms with van der Waals surface area (Å²) in [4.78, 5) is 0. The minimum Gasteiger partial charge on any atom is -0.504 e. The van der Waals surface area contributed by atoms with E-state index in [1.165, 1.54) is 6.07 Å². The van der Waals surface area contributed by atoms with Crippen molar-refractivity contribution < 1.29 is 18.3 Å². The van der Waals surface area contributed by atoms with Crippen molar-refractivity contribution in [2.75, 3.05) is 0 Å². The summed E-state index contributed by atoms with van der Waals surface area (Å²) >= 11 is 0. The fraction of sp³-hybridized carbons (Fsp3) is 0. The lowest BCUT2D eigenvalue weighted by molar-refractivity contribution is 0.384. The van der Waals surface area contributed by atoms with Crippen LogP contribution in [0, 0.1) is 40.1 Å². The van der Waals surface area contributed by atoms with Crippen molar-refractivity contribution >= 4 is 0 Å². The Kier molecular flexibility index (Phi) is 2.30. The summed E-state index contributed by atoms with van der Waals surface area (Å²) in [5.41, 5.74) is -1.92. The normalized spacial score (nSPS) is 9.21. The lowest BCUT2D eigenvalue weighted by atomic mass is 10.1. The molecule has 6 heteroatoms. The summed E-state index contributed by atoms with van der Waals surface area (Å²) in [6.45, 7) is 0. The molecule has 1 aromatic carbocycles. The molecule has 70 valence electrons. The third-order valence-corrected chi connectivity index (χ3v) is 1.52. The Labute approximate surface area is 76.2 Å². The third kappa shape index (κ3) is 1.14. The Morgan fingerprint density at radius 1 is 0.857 bits per heavy atom. The second-order valence-corrected chi connectivity index (χ2v) is 2.26. The van der Waals surface area contributed by atoms with Crippen LogP contribution >= 0.6 is 0 Å². The number of hydrogen-bond acceptors (Lipinski definition) is 3. The molecule has 0 unspecified atom stereocenters. The summed E-state index contributed by atoms with van der Waals surface area (Å²) in [5.74, 6) is -6.99. The average molecular weight is 198 g/mol. The molecule has 0 aliphatic rings.